The molecule has 1 rings (SSSR count). The van der Waals surface area contributed by atoms with E-state index in [1.807, 2.05) is 0 Å². The maximum atomic E-state index is 11.3. The number of halogens is 1. The molecular weight excluding hydrogens is 362 g/mol. The molecule has 0 unspecified atom stereocenters. The first kappa shape index (κ1) is 26.4. The van der Waals surface area contributed by atoms with Gasteiger partial charge in [-0.3, -0.25) is 4.21 Å². The summed E-state index contributed by atoms with van der Waals surface area (Å²) in [5, 5.41) is 0. The normalized spacial score (nSPS) is 15.9. The minimum absolute atomic E-state index is 0. The minimum Gasteiger partial charge on any atom is -0.302 e. The molecule has 0 N–H and O–H groups in total. The van der Waals surface area contributed by atoms with Crippen LogP contribution in [0.5, 0.6) is 0 Å². The molecule has 0 radical (unpaired) electrons. The summed E-state index contributed by atoms with van der Waals surface area (Å²) in [6.45, 7) is 5.65. The van der Waals surface area contributed by atoms with Gasteiger partial charge in [-0.1, -0.05) is 103 Å². The average Bonchev–Trinajstić information content (AvgIpc) is 2.63. The van der Waals surface area contributed by atoms with Gasteiger partial charge < -0.3 is 4.90 Å². The second-order valence-corrected chi connectivity index (χ2v) is 9.69. The molecule has 0 aromatic carbocycles. The lowest BCUT2D eigenvalue weighted by molar-refractivity contribution is 0.291. The molecule has 1 aliphatic heterocycles. The van der Waals surface area contributed by atoms with Gasteiger partial charge in [0.25, 0.3) is 0 Å². The first-order chi connectivity index (χ1) is 12.3. The molecule has 26 heavy (non-hydrogen) atoms. The van der Waals surface area contributed by atoms with Gasteiger partial charge in [-0.05, 0) is 13.0 Å². The molecule has 0 saturated carbocycles. The third kappa shape index (κ3) is 16.6. The molecule has 0 aliphatic carbocycles. The quantitative estimate of drug-likeness (QED) is 0.249. The van der Waals surface area contributed by atoms with Crippen LogP contribution in [0.25, 0.3) is 0 Å². The highest BCUT2D eigenvalue weighted by atomic mass is 35.5. The summed E-state index contributed by atoms with van der Waals surface area (Å²) in [5.74, 6) is 1.80. The van der Waals surface area contributed by atoms with Gasteiger partial charge in [0, 0.05) is 35.4 Å². The smallest absolute Gasteiger partial charge is 0.0363 e. The van der Waals surface area contributed by atoms with Crippen LogP contribution < -0.4 is 0 Å². The minimum atomic E-state index is -0.522. The predicted octanol–water partition coefficient (Wildman–Crippen LogP) is 6.73. The van der Waals surface area contributed by atoms with Gasteiger partial charge in [-0.25, -0.2) is 0 Å². The molecular formula is C22H46ClNOS. The lowest BCUT2D eigenvalue weighted by atomic mass is 10.0. The highest BCUT2D eigenvalue weighted by molar-refractivity contribution is 7.85. The van der Waals surface area contributed by atoms with Crippen LogP contribution in [0, 0.1) is 0 Å². The maximum Gasteiger partial charge on any atom is 0.0363 e. The zero-order valence-electron chi connectivity index (χ0n) is 17.5. The topological polar surface area (TPSA) is 20.3 Å². The van der Waals surface area contributed by atoms with Crippen molar-refractivity contribution in [3.63, 3.8) is 0 Å². The second-order valence-electron chi connectivity index (χ2n) is 7.99. The molecule has 0 aromatic heterocycles. The van der Waals surface area contributed by atoms with E-state index >= 15 is 0 Å². The SMILES string of the molecule is CCCCCCCCCCCCCCCCCCN1CCS(=O)CC1.Cl. The zero-order chi connectivity index (χ0) is 18.0. The van der Waals surface area contributed by atoms with Crippen LogP contribution in [0.3, 0.4) is 0 Å². The van der Waals surface area contributed by atoms with Crippen molar-refractivity contribution in [2.24, 2.45) is 0 Å². The fourth-order valence-corrected chi connectivity index (χ4v) is 4.91. The number of hydrogen-bond donors (Lipinski definition) is 0. The molecule has 1 saturated heterocycles. The molecule has 0 amide bonds. The van der Waals surface area contributed by atoms with Crippen molar-refractivity contribution in [1.82, 2.24) is 4.90 Å². The van der Waals surface area contributed by atoms with Crippen LogP contribution in [0.2, 0.25) is 0 Å². The lowest BCUT2D eigenvalue weighted by Crippen LogP contribution is -2.38. The summed E-state index contributed by atoms with van der Waals surface area (Å²) >= 11 is 0. The van der Waals surface area contributed by atoms with Crippen molar-refractivity contribution < 1.29 is 4.21 Å². The van der Waals surface area contributed by atoms with Crippen molar-refractivity contribution in [3.8, 4) is 0 Å². The number of nitrogens with zero attached hydrogens (tertiary/aromatic N) is 1. The standard InChI is InChI=1S/C22H45NOS.ClH/c1-2-3-4-5-6-7-8-9-10-11-12-13-14-15-16-17-18-23-19-21-25(24)22-20-23;/h2-22H2,1H3;1H. The molecule has 1 heterocycles. The Balaban J connectivity index is 0.00000625. The number of unbranched alkanes of at least 4 members (excludes halogenated alkanes) is 15. The van der Waals surface area contributed by atoms with Gasteiger partial charge in [0.15, 0.2) is 0 Å². The molecule has 0 aromatic rings. The number of rotatable bonds is 17. The third-order valence-electron chi connectivity index (χ3n) is 5.60. The van der Waals surface area contributed by atoms with E-state index in [1.54, 1.807) is 0 Å². The van der Waals surface area contributed by atoms with Gasteiger partial charge in [0.1, 0.15) is 0 Å². The van der Waals surface area contributed by atoms with E-state index in [0.29, 0.717) is 0 Å². The number of hydrogen-bond acceptors (Lipinski definition) is 2. The summed E-state index contributed by atoms with van der Waals surface area (Å²) in [6.07, 6.45) is 23.0. The van der Waals surface area contributed by atoms with E-state index in [2.05, 4.69) is 11.8 Å². The summed E-state index contributed by atoms with van der Waals surface area (Å²) in [4.78, 5) is 2.51. The molecule has 158 valence electrons. The summed E-state index contributed by atoms with van der Waals surface area (Å²) in [7, 11) is -0.522. The van der Waals surface area contributed by atoms with Crippen molar-refractivity contribution in [3.05, 3.63) is 0 Å². The fraction of sp³-hybridized carbons (Fsp3) is 1.00. The van der Waals surface area contributed by atoms with Crippen LogP contribution in [0.4, 0.5) is 0 Å². The first-order valence-electron chi connectivity index (χ1n) is 11.4. The maximum absolute atomic E-state index is 11.3. The van der Waals surface area contributed by atoms with Crippen molar-refractivity contribution in [2.45, 2.75) is 110 Å². The Kier molecular flexibility index (Phi) is 20.5. The van der Waals surface area contributed by atoms with Crippen LogP contribution in [-0.4, -0.2) is 40.2 Å². The zero-order valence-corrected chi connectivity index (χ0v) is 19.2. The summed E-state index contributed by atoms with van der Waals surface area (Å²) in [5.41, 5.74) is 0. The first-order valence-corrected chi connectivity index (χ1v) is 12.9. The van der Waals surface area contributed by atoms with Crippen LogP contribution in [0.1, 0.15) is 110 Å². The Morgan fingerprint density at radius 1 is 0.615 bits per heavy atom. The molecule has 0 bridgehead atoms. The van der Waals surface area contributed by atoms with E-state index in [9.17, 15) is 4.21 Å². The third-order valence-corrected chi connectivity index (χ3v) is 6.87. The molecule has 4 heteroatoms. The molecule has 0 spiro atoms. The van der Waals surface area contributed by atoms with Gasteiger partial charge in [0.2, 0.25) is 0 Å². The van der Waals surface area contributed by atoms with Gasteiger partial charge in [-0.15, -0.1) is 12.4 Å². The van der Waals surface area contributed by atoms with Crippen molar-refractivity contribution >= 4 is 23.2 Å². The average molecular weight is 408 g/mol. The van der Waals surface area contributed by atoms with Crippen LogP contribution >= 0.6 is 12.4 Å². The van der Waals surface area contributed by atoms with E-state index in [0.717, 1.165) is 24.6 Å². The Morgan fingerprint density at radius 3 is 1.35 bits per heavy atom. The Morgan fingerprint density at radius 2 is 0.962 bits per heavy atom. The summed E-state index contributed by atoms with van der Waals surface area (Å²) in [6, 6.07) is 0. The highest BCUT2D eigenvalue weighted by Gasteiger charge is 2.13. The highest BCUT2D eigenvalue weighted by Crippen LogP contribution is 2.14. The van der Waals surface area contributed by atoms with E-state index in [1.165, 1.54) is 109 Å². The van der Waals surface area contributed by atoms with E-state index in [-0.39, 0.29) is 12.4 Å². The van der Waals surface area contributed by atoms with Gasteiger partial charge >= 0.3 is 0 Å². The molecule has 2 nitrogen and oxygen atoms in total. The Labute approximate surface area is 173 Å². The Hall–Kier alpha value is 0.400. The van der Waals surface area contributed by atoms with Gasteiger partial charge in [0.05, 0.1) is 0 Å². The van der Waals surface area contributed by atoms with Crippen molar-refractivity contribution in [2.75, 3.05) is 31.1 Å². The largest absolute Gasteiger partial charge is 0.302 e. The Bertz CT molecular complexity index is 305. The molecule has 0 atom stereocenters. The lowest BCUT2D eigenvalue weighted by Gasteiger charge is -2.25. The predicted molar refractivity (Wildman–Crippen MR) is 121 cm³/mol. The molecule has 1 aliphatic rings. The monoisotopic (exact) mass is 407 g/mol. The van der Waals surface area contributed by atoms with E-state index < -0.39 is 10.8 Å². The second kappa shape index (κ2) is 20.1. The summed E-state index contributed by atoms with van der Waals surface area (Å²) < 4.78 is 11.3. The fourth-order valence-electron chi connectivity index (χ4n) is 3.78. The van der Waals surface area contributed by atoms with E-state index in [4.69, 9.17) is 0 Å². The van der Waals surface area contributed by atoms with Crippen molar-refractivity contribution in [1.29, 1.82) is 0 Å². The molecule has 1 fully saturated rings. The van der Waals surface area contributed by atoms with Gasteiger partial charge in [-0.2, -0.15) is 0 Å². The van der Waals surface area contributed by atoms with Crippen LogP contribution in [-0.2, 0) is 10.8 Å². The van der Waals surface area contributed by atoms with Crippen LogP contribution in [0.15, 0.2) is 0 Å².